The molecule has 0 saturated carbocycles. The number of carbonyl (C=O) groups is 2. The minimum atomic E-state index is -1.28. The molecule has 1 aliphatic rings. The van der Waals surface area contributed by atoms with Crippen molar-refractivity contribution < 1.29 is 14.7 Å². The quantitative estimate of drug-likeness (QED) is 0.609. The molecule has 1 fully saturated rings. The van der Waals surface area contributed by atoms with Crippen LogP contribution >= 0.6 is 11.3 Å². The number of thiophene rings is 1. The molecular formula is C22H23N5O3S. The number of hydrogen-bond donors (Lipinski definition) is 2. The Kier molecular flexibility index (Phi) is 6.15. The zero-order valence-electron chi connectivity index (χ0n) is 17.1. The number of hydrogen-bond acceptors (Lipinski definition) is 6. The zero-order valence-corrected chi connectivity index (χ0v) is 17.9. The molecule has 2 amide bonds. The van der Waals surface area contributed by atoms with E-state index in [1.807, 2.05) is 29.6 Å². The highest BCUT2D eigenvalue weighted by molar-refractivity contribution is 7.13. The van der Waals surface area contributed by atoms with Crippen LogP contribution in [0, 0.1) is 0 Å². The number of hydrazine groups is 1. The molecule has 2 aromatic heterocycles. The highest BCUT2D eigenvalue weighted by Gasteiger charge is 2.20. The summed E-state index contributed by atoms with van der Waals surface area (Å²) in [5.41, 5.74) is 4.07. The Labute approximate surface area is 184 Å². The molecule has 0 bridgehead atoms. The van der Waals surface area contributed by atoms with Gasteiger partial charge in [-0.25, -0.2) is 9.78 Å². The first-order valence-electron chi connectivity index (χ1n) is 9.89. The fourth-order valence-corrected chi connectivity index (χ4v) is 4.08. The van der Waals surface area contributed by atoms with E-state index in [2.05, 4.69) is 27.3 Å². The molecule has 0 aliphatic carbocycles. The maximum atomic E-state index is 12.6. The summed E-state index contributed by atoms with van der Waals surface area (Å²) in [4.78, 5) is 34.3. The molecule has 0 spiro atoms. The van der Waals surface area contributed by atoms with Crippen molar-refractivity contribution in [3.05, 3.63) is 65.7 Å². The van der Waals surface area contributed by atoms with Crippen molar-refractivity contribution in [3.8, 4) is 10.4 Å². The number of likely N-dealkylation sites (N-methyl/N-ethyl adjacent to an activating group) is 1. The summed E-state index contributed by atoms with van der Waals surface area (Å²) in [5, 5.41) is 12.4. The number of nitrogens with zero attached hydrogens (tertiary/aromatic N) is 4. The molecule has 0 unspecified atom stereocenters. The van der Waals surface area contributed by atoms with Gasteiger partial charge >= 0.3 is 6.09 Å². The molecule has 3 aromatic rings. The summed E-state index contributed by atoms with van der Waals surface area (Å²) in [5.74, 6) is 0.270. The van der Waals surface area contributed by atoms with Crippen molar-refractivity contribution in [2.45, 2.75) is 0 Å². The lowest BCUT2D eigenvalue weighted by atomic mass is 10.2. The van der Waals surface area contributed by atoms with Crippen LogP contribution in [0.15, 0.2) is 60.1 Å². The van der Waals surface area contributed by atoms with Crippen LogP contribution in [0.1, 0.15) is 10.4 Å². The molecule has 2 N–H and O–H groups in total. The monoisotopic (exact) mass is 437 g/mol. The average Bonchev–Trinajstić information content (AvgIpc) is 3.33. The zero-order chi connectivity index (χ0) is 21.8. The van der Waals surface area contributed by atoms with Crippen LogP contribution < -0.4 is 15.3 Å². The van der Waals surface area contributed by atoms with Gasteiger partial charge in [0.1, 0.15) is 5.82 Å². The molecule has 0 atom stereocenters. The summed E-state index contributed by atoms with van der Waals surface area (Å²) in [6, 6.07) is 14.4. The molecule has 1 saturated heterocycles. The second-order valence-electron chi connectivity index (χ2n) is 7.28. The highest BCUT2D eigenvalue weighted by atomic mass is 32.1. The molecule has 8 nitrogen and oxygen atoms in total. The minimum Gasteiger partial charge on any atom is -0.463 e. The van der Waals surface area contributed by atoms with Crippen molar-refractivity contribution >= 4 is 34.8 Å². The number of piperazine rings is 1. The standard InChI is InChI=1S/C22H23N5O3S/c1-25-10-12-26(13-11-25)20-9-6-17(15-23-20)21(28)24-27(22(29)30)18-7-4-16(5-8-18)19-3-2-14-31-19/h2-9,14-15H,10-13H2,1H3,(H,24,28)(H,29,30). The van der Waals surface area contributed by atoms with Gasteiger partial charge in [-0.2, -0.15) is 5.01 Å². The third-order valence-corrected chi connectivity index (χ3v) is 6.09. The third kappa shape index (κ3) is 4.84. The second kappa shape index (κ2) is 9.15. The van der Waals surface area contributed by atoms with Crippen LogP contribution in [0.2, 0.25) is 0 Å². The van der Waals surface area contributed by atoms with E-state index in [4.69, 9.17) is 0 Å². The first-order chi connectivity index (χ1) is 15.0. The number of amides is 2. The Morgan fingerprint density at radius 2 is 1.81 bits per heavy atom. The van der Waals surface area contributed by atoms with E-state index in [1.165, 1.54) is 6.20 Å². The second-order valence-corrected chi connectivity index (χ2v) is 8.23. The predicted molar refractivity (Wildman–Crippen MR) is 122 cm³/mol. The van der Waals surface area contributed by atoms with E-state index in [-0.39, 0.29) is 0 Å². The maximum Gasteiger partial charge on any atom is 0.431 e. The van der Waals surface area contributed by atoms with E-state index < -0.39 is 12.0 Å². The number of anilines is 2. The summed E-state index contributed by atoms with van der Waals surface area (Å²) < 4.78 is 0. The molecule has 9 heteroatoms. The normalized spacial score (nSPS) is 14.3. The summed E-state index contributed by atoms with van der Waals surface area (Å²) >= 11 is 1.60. The Hall–Kier alpha value is -3.43. The van der Waals surface area contributed by atoms with E-state index in [0.717, 1.165) is 47.4 Å². The van der Waals surface area contributed by atoms with E-state index >= 15 is 0 Å². The molecule has 1 aromatic carbocycles. The van der Waals surface area contributed by atoms with Crippen LogP contribution in [0.5, 0.6) is 0 Å². The molecule has 3 heterocycles. The minimum absolute atomic E-state index is 0.291. The maximum absolute atomic E-state index is 12.6. The van der Waals surface area contributed by atoms with Crippen molar-refractivity contribution in [2.75, 3.05) is 43.1 Å². The molecular weight excluding hydrogens is 414 g/mol. The van der Waals surface area contributed by atoms with Crippen LogP contribution in [-0.4, -0.2) is 60.2 Å². The highest BCUT2D eigenvalue weighted by Crippen LogP contribution is 2.26. The fourth-order valence-electron chi connectivity index (χ4n) is 3.35. The van der Waals surface area contributed by atoms with E-state index in [0.29, 0.717) is 11.3 Å². The van der Waals surface area contributed by atoms with Crippen LogP contribution in [0.3, 0.4) is 0 Å². The van der Waals surface area contributed by atoms with E-state index in [1.54, 1.807) is 35.6 Å². The largest absolute Gasteiger partial charge is 0.463 e. The van der Waals surface area contributed by atoms with Gasteiger partial charge in [0.05, 0.1) is 11.3 Å². The molecule has 0 radical (unpaired) electrons. The summed E-state index contributed by atoms with van der Waals surface area (Å²) in [6.07, 6.45) is 0.197. The van der Waals surface area contributed by atoms with Gasteiger partial charge in [0.15, 0.2) is 0 Å². The number of rotatable bonds is 4. The Balaban J connectivity index is 1.44. The van der Waals surface area contributed by atoms with Crippen molar-refractivity contribution in [2.24, 2.45) is 0 Å². The van der Waals surface area contributed by atoms with Gasteiger partial charge in [-0.1, -0.05) is 18.2 Å². The SMILES string of the molecule is CN1CCN(c2ccc(C(=O)NN(C(=O)O)c3ccc(-c4cccs4)cc3)cn2)CC1. The van der Waals surface area contributed by atoms with Crippen LogP contribution in [0.25, 0.3) is 10.4 Å². The van der Waals surface area contributed by atoms with Gasteiger partial charge in [-0.15, -0.1) is 11.3 Å². The fraction of sp³-hybridized carbons (Fsp3) is 0.227. The topological polar surface area (TPSA) is 89.0 Å². The molecule has 4 rings (SSSR count). The van der Waals surface area contributed by atoms with Gasteiger partial charge in [0.25, 0.3) is 5.91 Å². The number of nitrogens with one attached hydrogen (secondary N) is 1. The van der Waals surface area contributed by atoms with Crippen LogP contribution in [-0.2, 0) is 0 Å². The average molecular weight is 438 g/mol. The Morgan fingerprint density at radius 1 is 1.06 bits per heavy atom. The van der Waals surface area contributed by atoms with Gasteiger partial charge in [-0.3, -0.25) is 10.2 Å². The van der Waals surface area contributed by atoms with E-state index in [9.17, 15) is 14.7 Å². The predicted octanol–water partition coefficient (Wildman–Crippen LogP) is 3.39. The van der Waals surface area contributed by atoms with Gasteiger partial charge in [0, 0.05) is 37.3 Å². The van der Waals surface area contributed by atoms with Crippen molar-refractivity contribution in [3.63, 3.8) is 0 Å². The van der Waals surface area contributed by atoms with Gasteiger partial charge in [-0.05, 0) is 48.3 Å². The van der Waals surface area contributed by atoms with Crippen molar-refractivity contribution in [1.82, 2.24) is 15.3 Å². The number of aromatic nitrogens is 1. The smallest absolute Gasteiger partial charge is 0.431 e. The molecule has 31 heavy (non-hydrogen) atoms. The first kappa shape index (κ1) is 20.8. The summed E-state index contributed by atoms with van der Waals surface area (Å²) in [7, 11) is 2.09. The number of pyridine rings is 1. The number of carbonyl (C=O) groups excluding carboxylic acids is 1. The third-order valence-electron chi connectivity index (χ3n) is 5.17. The summed E-state index contributed by atoms with van der Waals surface area (Å²) in [6.45, 7) is 3.68. The number of carboxylic acid groups (broad SMARTS) is 1. The van der Waals surface area contributed by atoms with Gasteiger partial charge < -0.3 is 14.9 Å². The number of benzene rings is 1. The van der Waals surface area contributed by atoms with Crippen LogP contribution in [0.4, 0.5) is 16.3 Å². The lowest BCUT2D eigenvalue weighted by Crippen LogP contribution is -2.46. The van der Waals surface area contributed by atoms with Crippen molar-refractivity contribution in [1.29, 1.82) is 0 Å². The first-order valence-corrected chi connectivity index (χ1v) is 10.8. The Morgan fingerprint density at radius 3 is 2.39 bits per heavy atom. The van der Waals surface area contributed by atoms with Gasteiger partial charge in [0.2, 0.25) is 0 Å². The Bertz CT molecular complexity index is 1030. The molecule has 160 valence electrons. The lowest BCUT2D eigenvalue weighted by molar-refractivity contribution is 0.0944. The lowest BCUT2D eigenvalue weighted by Gasteiger charge is -2.33. The molecule has 1 aliphatic heterocycles.